The Morgan fingerprint density at radius 3 is 1.14 bits per heavy atom. The number of hydrogen-bond acceptors (Lipinski definition) is 4. The van der Waals surface area contributed by atoms with Crippen LogP contribution in [-0.4, -0.2) is 73.5 Å². The van der Waals surface area contributed by atoms with E-state index in [0.717, 1.165) is 73.9 Å². The summed E-state index contributed by atoms with van der Waals surface area (Å²) in [5, 5.41) is 21.0. The molecule has 0 bridgehead atoms. The summed E-state index contributed by atoms with van der Waals surface area (Å²) in [6.45, 7) is 1.28. The molecule has 2 fully saturated rings. The van der Waals surface area contributed by atoms with Gasteiger partial charge in [0.25, 0.3) is 0 Å². The number of aliphatic hydroxyl groups is 2. The third-order valence-corrected chi connectivity index (χ3v) is 8.75. The second-order valence-corrected chi connectivity index (χ2v) is 12.5. The third-order valence-electron chi connectivity index (χ3n) is 8.75. The molecular formula is C32H44F6N2O2. The van der Waals surface area contributed by atoms with Crippen molar-refractivity contribution in [3.63, 3.8) is 0 Å². The molecule has 4 nitrogen and oxygen atoms in total. The molecule has 0 spiro atoms. The van der Waals surface area contributed by atoms with Crippen LogP contribution in [0.25, 0.3) is 0 Å². The molecule has 2 aliphatic rings. The van der Waals surface area contributed by atoms with E-state index in [-0.39, 0.29) is 0 Å². The van der Waals surface area contributed by atoms with Crippen LogP contribution in [0.3, 0.4) is 0 Å². The summed E-state index contributed by atoms with van der Waals surface area (Å²) in [6.07, 6.45) is -2.72. The highest BCUT2D eigenvalue weighted by atomic mass is 19.4. The van der Waals surface area contributed by atoms with Crippen molar-refractivity contribution in [2.45, 2.75) is 86.8 Å². The fourth-order valence-electron chi connectivity index (χ4n) is 6.78. The summed E-state index contributed by atoms with van der Waals surface area (Å²) < 4.78 is 76.1. The standard InChI is InChI=1S/2C16H22F3NO/c2*1-20(2)11-15(10-4-3-5-14(15)21)12-6-8-13(9-7-12)16(17,18)19/h2*6-9,14,21H,3-5,10-11H2,1-2H3/t2*14-,15+/m10/s1. The van der Waals surface area contributed by atoms with Crippen molar-refractivity contribution in [3.05, 3.63) is 70.8 Å². The molecule has 0 aliphatic heterocycles. The molecule has 2 saturated carbocycles. The van der Waals surface area contributed by atoms with Crippen molar-refractivity contribution in [2.75, 3.05) is 41.3 Å². The summed E-state index contributed by atoms with van der Waals surface area (Å²) in [5.74, 6) is 0. The van der Waals surface area contributed by atoms with E-state index >= 15 is 0 Å². The van der Waals surface area contributed by atoms with Crippen LogP contribution in [0, 0.1) is 0 Å². The monoisotopic (exact) mass is 602 g/mol. The molecule has 4 rings (SSSR count). The van der Waals surface area contributed by atoms with Gasteiger partial charge in [-0.3, -0.25) is 0 Å². The molecule has 10 heteroatoms. The molecule has 0 saturated heterocycles. The van der Waals surface area contributed by atoms with Crippen molar-refractivity contribution >= 4 is 0 Å². The third kappa shape index (κ3) is 8.07. The first kappa shape index (κ1) is 34.4. The summed E-state index contributed by atoms with van der Waals surface area (Å²) in [4.78, 5) is 3.98. The van der Waals surface area contributed by atoms with Crippen LogP contribution >= 0.6 is 0 Å². The summed E-state index contributed by atoms with van der Waals surface area (Å²) in [5.41, 5.74) is -0.612. The Morgan fingerprint density at radius 2 is 0.905 bits per heavy atom. The van der Waals surface area contributed by atoms with Gasteiger partial charge in [0.2, 0.25) is 0 Å². The zero-order valence-electron chi connectivity index (χ0n) is 24.9. The second kappa shape index (κ2) is 13.7. The molecule has 4 atom stereocenters. The molecular weight excluding hydrogens is 558 g/mol. The largest absolute Gasteiger partial charge is 0.416 e. The van der Waals surface area contributed by atoms with Crippen LogP contribution < -0.4 is 0 Å². The molecule has 0 unspecified atom stereocenters. The van der Waals surface area contributed by atoms with E-state index in [2.05, 4.69) is 0 Å². The van der Waals surface area contributed by atoms with Crippen LogP contribution in [0.5, 0.6) is 0 Å². The minimum absolute atomic E-state index is 0.466. The van der Waals surface area contributed by atoms with E-state index in [9.17, 15) is 36.6 Å². The highest BCUT2D eigenvalue weighted by molar-refractivity contribution is 5.34. The van der Waals surface area contributed by atoms with E-state index in [1.165, 1.54) is 24.3 Å². The van der Waals surface area contributed by atoms with Crippen molar-refractivity contribution in [3.8, 4) is 0 Å². The minimum Gasteiger partial charge on any atom is -0.392 e. The fraction of sp³-hybridized carbons (Fsp3) is 0.625. The van der Waals surface area contributed by atoms with Crippen LogP contribution in [0.4, 0.5) is 26.3 Å². The minimum atomic E-state index is -4.32. The Labute approximate surface area is 245 Å². The number of benzene rings is 2. The van der Waals surface area contributed by atoms with Crippen LogP contribution in [0.2, 0.25) is 0 Å². The van der Waals surface area contributed by atoms with E-state index < -0.39 is 46.5 Å². The van der Waals surface area contributed by atoms with Crippen LogP contribution in [0.1, 0.15) is 73.6 Å². The van der Waals surface area contributed by atoms with E-state index in [4.69, 9.17) is 0 Å². The first-order valence-electron chi connectivity index (χ1n) is 14.5. The quantitative estimate of drug-likeness (QED) is 0.354. The lowest BCUT2D eigenvalue weighted by Gasteiger charge is -2.44. The van der Waals surface area contributed by atoms with Crippen LogP contribution in [0.15, 0.2) is 48.5 Å². The average molecular weight is 603 g/mol. The van der Waals surface area contributed by atoms with Crippen molar-refractivity contribution < 1.29 is 36.6 Å². The van der Waals surface area contributed by atoms with Gasteiger partial charge >= 0.3 is 12.4 Å². The van der Waals surface area contributed by atoms with Crippen molar-refractivity contribution in [1.82, 2.24) is 9.80 Å². The predicted molar refractivity (Wildman–Crippen MR) is 152 cm³/mol. The molecule has 2 N–H and O–H groups in total. The number of alkyl halides is 6. The first-order chi connectivity index (χ1) is 19.5. The first-order valence-corrected chi connectivity index (χ1v) is 14.5. The number of rotatable bonds is 6. The number of hydrogen-bond donors (Lipinski definition) is 2. The molecule has 0 amide bonds. The van der Waals surface area contributed by atoms with Crippen LogP contribution in [-0.2, 0) is 23.2 Å². The Morgan fingerprint density at radius 1 is 0.595 bits per heavy atom. The average Bonchev–Trinajstić information content (AvgIpc) is 2.90. The normalized spacial score (nSPS) is 27.1. The molecule has 0 heterocycles. The number of halogens is 6. The van der Waals surface area contributed by atoms with E-state index in [1.54, 1.807) is 0 Å². The molecule has 2 aliphatic carbocycles. The topological polar surface area (TPSA) is 46.9 Å². The molecule has 0 radical (unpaired) electrons. The SMILES string of the molecule is CN(C)C[C@@]1(c2ccc(C(F)(F)F)cc2)CCCC[C@@H]1O.CN(C)C[C@]1(c2ccc(C(F)(F)F)cc2)CCCC[C@H]1O. The lowest BCUT2D eigenvalue weighted by molar-refractivity contribution is -0.138. The maximum Gasteiger partial charge on any atom is 0.416 e. The smallest absolute Gasteiger partial charge is 0.392 e. The Hall–Kier alpha value is -2.14. The van der Waals surface area contributed by atoms with Crippen molar-refractivity contribution in [2.24, 2.45) is 0 Å². The highest BCUT2D eigenvalue weighted by Gasteiger charge is 2.43. The Balaban J connectivity index is 0.000000230. The summed E-state index contributed by atoms with van der Waals surface area (Å²) >= 11 is 0. The zero-order chi connectivity index (χ0) is 31.3. The maximum atomic E-state index is 12.7. The van der Waals surface area contributed by atoms with Gasteiger partial charge in [0.15, 0.2) is 0 Å². The number of nitrogens with zero attached hydrogens (tertiary/aromatic N) is 2. The molecule has 2 aromatic rings. The van der Waals surface area contributed by atoms with Gasteiger partial charge in [-0.2, -0.15) is 26.3 Å². The maximum absolute atomic E-state index is 12.7. The van der Waals surface area contributed by atoms with Gasteiger partial charge in [0, 0.05) is 23.9 Å². The lowest BCUT2D eigenvalue weighted by Crippen LogP contribution is -2.49. The van der Waals surface area contributed by atoms with Gasteiger partial charge in [-0.15, -0.1) is 0 Å². The van der Waals surface area contributed by atoms with Gasteiger partial charge in [0.1, 0.15) is 0 Å². The molecule has 236 valence electrons. The summed E-state index contributed by atoms with van der Waals surface area (Å²) in [7, 11) is 7.70. The van der Waals surface area contributed by atoms with E-state index in [0.29, 0.717) is 25.9 Å². The lowest BCUT2D eigenvalue weighted by atomic mass is 9.67. The molecule has 0 aromatic heterocycles. The zero-order valence-corrected chi connectivity index (χ0v) is 24.9. The van der Waals surface area contributed by atoms with Gasteiger partial charge < -0.3 is 20.0 Å². The Bertz CT molecular complexity index is 1030. The van der Waals surface area contributed by atoms with Crippen molar-refractivity contribution in [1.29, 1.82) is 0 Å². The number of aliphatic hydroxyl groups excluding tert-OH is 2. The van der Waals surface area contributed by atoms with E-state index in [1.807, 2.05) is 38.0 Å². The highest BCUT2D eigenvalue weighted by Crippen LogP contribution is 2.42. The number of likely N-dealkylation sites (N-methyl/N-ethyl adjacent to an activating group) is 2. The molecule has 2 aromatic carbocycles. The van der Waals surface area contributed by atoms with Gasteiger partial charge in [-0.25, -0.2) is 0 Å². The fourth-order valence-corrected chi connectivity index (χ4v) is 6.78. The summed E-state index contributed by atoms with van der Waals surface area (Å²) in [6, 6.07) is 10.6. The van der Waals surface area contributed by atoms with Gasteiger partial charge in [0.05, 0.1) is 23.3 Å². The van der Waals surface area contributed by atoms with Gasteiger partial charge in [-0.05, 0) is 89.3 Å². The molecule has 42 heavy (non-hydrogen) atoms. The Kier molecular flexibility index (Phi) is 11.2. The van der Waals surface area contributed by atoms with Gasteiger partial charge in [-0.1, -0.05) is 49.9 Å². The second-order valence-electron chi connectivity index (χ2n) is 12.5. The predicted octanol–water partition coefficient (Wildman–Crippen LogP) is 6.88.